The average molecular weight is 282 g/mol. The molecule has 0 fully saturated rings. The molecule has 17 heavy (non-hydrogen) atoms. The third kappa shape index (κ3) is 4.30. The number of hydrogen-bond donors (Lipinski definition) is 2. The smallest absolute Gasteiger partial charge is 0.300 e. The van der Waals surface area contributed by atoms with Crippen LogP contribution in [0.5, 0.6) is 5.75 Å². The zero-order valence-electron chi connectivity index (χ0n) is 8.69. The SMILES string of the molecule is Cc1ccc(OCS(=O)(=O)O)c(S(=O)(=O)O)c1. The lowest BCUT2D eigenvalue weighted by Gasteiger charge is -2.08. The van der Waals surface area contributed by atoms with Crippen LogP contribution in [0.4, 0.5) is 0 Å². The third-order valence-corrected chi connectivity index (χ3v) is 3.03. The minimum absolute atomic E-state index is 0.351. The van der Waals surface area contributed by atoms with E-state index in [0.29, 0.717) is 5.56 Å². The highest BCUT2D eigenvalue weighted by atomic mass is 32.2. The van der Waals surface area contributed by atoms with Crippen molar-refractivity contribution in [3.05, 3.63) is 23.8 Å². The topological polar surface area (TPSA) is 118 Å². The van der Waals surface area contributed by atoms with Crippen LogP contribution in [0.2, 0.25) is 0 Å². The first-order valence-electron chi connectivity index (χ1n) is 4.26. The van der Waals surface area contributed by atoms with Gasteiger partial charge in [0.05, 0.1) is 0 Å². The molecule has 1 aromatic carbocycles. The third-order valence-electron chi connectivity index (χ3n) is 1.74. The molecule has 1 rings (SSSR count). The van der Waals surface area contributed by atoms with Gasteiger partial charge in [0.2, 0.25) is 5.94 Å². The molecule has 0 saturated carbocycles. The number of hydrogen-bond acceptors (Lipinski definition) is 5. The molecule has 0 unspecified atom stereocenters. The Balaban J connectivity index is 3.17. The zero-order valence-corrected chi connectivity index (χ0v) is 10.3. The van der Waals surface area contributed by atoms with Gasteiger partial charge in [-0.3, -0.25) is 9.11 Å². The summed E-state index contributed by atoms with van der Waals surface area (Å²) in [6.45, 7) is 1.58. The lowest BCUT2D eigenvalue weighted by atomic mass is 10.2. The summed E-state index contributed by atoms with van der Waals surface area (Å²) in [6, 6.07) is 3.77. The fourth-order valence-electron chi connectivity index (χ4n) is 1.07. The van der Waals surface area contributed by atoms with E-state index in [0.717, 1.165) is 6.07 Å². The Kier molecular flexibility index (Phi) is 3.77. The molecule has 0 bridgehead atoms. The van der Waals surface area contributed by atoms with E-state index in [4.69, 9.17) is 9.11 Å². The van der Waals surface area contributed by atoms with Crippen LogP contribution < -0.4 is 4.74 Å². The number of ether oxygens (including phenoxy) is 1. The summed E-state index contributed by atoms with van der Waals surface area (Å²) in [5, 5.41) is 0. The van der Waals surface area contributed by atoms with Crippen molar-refractivity contribution in [3.63, 3.8) is 0 Å². The second kappa shape index (κ2) is 4.61. The Hall–Kier alpha value is -1.16. The highest BCUT2D eigenvalue weighted by Gasteiger charge is 2.18. The summed E-state index contributed by atoms with van der Waals surface area (Å²) in [5.74, 6) is -1.45. The van der Waals surface area contributed by atoms with Gasteiger partial charge in [-0.2, -0.15) is 16.8 Å². The van der Waals surface area contributed by atoms with Crippen molar-refractivity contribution < 1.29 is 30.7 Å². The normalized spacial score (nSPS) is 12.4. The Morgan fingerprint density at radius 3 is 2.24 bits per heavy atom. The molecule has 1 aromatic rings. The summed E-state index contributed by atoms with van der Waals surface area (Å²) < 4.78 is 64.9. The van der Waals surface area contributed by atoms with Crippen molar-refractivity contribution in [2.45, 2.75) is 11.8 Å². The van der Waals surface area contributed by atoms with Gasteiger partial charge in [-0.15, -0.1) is 0 Å². The second-order valence-electron chi connectivity index (χ2n) is 3.27. The van der Waals surface area contributed by atoms with E-state index in [1.165, 1.54) is 12.1 Å². The molecule has 0 aliphatic carbocycles. The molecule has 0 heterocycles. The maximum atomic E-state index is 11.0. The van der Waals surface area contributed by atoms with Gasteiger partial charge in [0, 0.05) is 0 Å². The number of benzene rings is 1. The van der Waals surface area contributed by atoms with Crippen LogP contribution in [0, 0.1) is 6.92 Å². The van der Waals surface area contributed by atoms with E-state index in [1.54, 1.807) is 6.92 Å². The molecular formula is C8H10O7S2. The maximum Gasteiger partial charge on any atom is 0.300 e. The van der Waals surface area contributed by atoms with Crippen LogP contribution in [-0.2, 0) is 20.2 Å². The van der Waals surface area contributed by atoms with E-state index in [9.17, 15) is 16.8 Å². The standard InChI is InChI=1S/C8H10O7S2/c1-6-2-3-7(15-5-16(9,10)11)8(4-6)17(12,13)14/h2-4H,5H2,1H3,(H,9,10,11)(H,12,13,14). The molecule has 0 aliphatic rings. The maximum absolute atomic E-state index is 11.0. The first-order chi connectivity index (χ1) is 7.59. The molecule has 0 atom stereocenters. The van der Waals surface area contributed by atoms with Gasteiger partial charge in [-0.25, -0.2) is 0 Å². The monoisotopic (exact) mass is 282 g/mol. The first-order valence-corrected chi connectivity index (χ1v) is 7.30. The van der Waals surface area contributed by atoms with E-state index in [-0.39, 0.29) is 5.75 Å². The average Bonchev–Trinajstić information content (AvgIpc) is 2.13. The zero-order chi connectivity index (χ0) is 13.3. The molecule has 7 nitrogen and oxygen atoms in total. The summed E-state index contributed by atoms with van der Waals surface area (Å²) in [7, 11) is -8.92. The predicted octanol–water partition coefficient (Wildman–Crippen LogP) is 0.466. The fourth-order valence-corrected chi connectivity index (χ4v) is 2.07. The summed E-state index contributed by atoms with van der Waals surface area (Å²) in [6.07, 6.45) is 0. The quantitative estimate of drug-likeness (QED) is 0.770. The van der Waals surface area contributed by atoms with E-state index in [2.05, 4.69) is 4.74 Å². The van der Waals surface area contributed by atoms with Crippen molar-refractivity contribution in [2.24, 2.45) is 0 Å². The van der Waals surface area contributed by atoms with E-state index in [1.807, 2.05) is 0 Å². The van der Waals surface area contributed by atoms with Crippen molar-refractivity contribution in [1.82, 2.24) is 0 Å². The first kappa shape index (κ1) is 13.9. The molecule has 9 heteroatoms. The molecule has 0 aromatic heterocycles. The fraction of sp³-hybridized carbons (Fsp3) is 0.250. The largest absolute Gasteiger partial charge is 0.474 e. The van der Waals surface area contributed by atoms with Crippen molar-refractivity contribution in [1.29, 1.82) is 0 Å². The van der Waals surface area contributed by atoms with Crippen LogP contribution in [0.25, 0.3) is 0 Å². The molecule has 0 saturated heterocycles. The Labute approximate surface area is 98.5 Å². The molecule has 0 spiro atoms. The second-order valence-corrected chi connectivity index (χ2v) is 6.06. The van der Waals surface area contributed by atoms with Crippen LogP contribution in [0.15, 0.2) is 23.1 Å². The summed E-state index contributed by atoms with van der Waals surface area (Å²) in [4.78, 5) is -0.554. The van der Waals surface area contributed by atoms with Gasteiger partial charge >= 0.3 is 10.1 Å². The van der Waals surface area contributed by atoms with Gasteiger partial charge in [-0.1, -0.05) is 6.07 Å². The van der Waals surface area contributed by atoms with Crippen LogP contribution in [0.3, 0.4) is 0 Å². The van der Waals surface area contributed by atoms with Crippen molar-refractivity contribution in [3.8, 4) is 5.75 Å². The van der Waals surface area contributed by atoms with Gasteiger partial charge in [0.25, 0.3) is 10.1 Å². The van der Waals surface area contributed by atoms with Gasteiger partial charge in [-0.05, 0) is 24.6 Å². The van der Waals surface area contributed by atoms with E-state index >= 15 is 0 Å². The van der Waals surface area contributed by atoms with Gasteiger partial charge in [0.1, 0.15) is 10.6 Å². The molecule has 96 valence electrons. The highest BCUT2D eigenvalue weighted by Crippen LogP contribution is 2.24. The van der Waals surface area contributed by atoms with Crippen LogP contribution >= 0.6 is 0 Å². The lowest BCUT2D eigenvalue weighted by Crippen LogP contribution is -2.12. The Bertz CT molecular complexity index is 615. The molecule has 0 amide bonds. The van der Waals surface area contributed by atoms with Crippen molar-refractivity contribution in [2.75, 3.05) is 5.94 Å². The minimum Gasteiger partial charge on any atom is -0.474 e. The Morgan fingerprint density at radius 2 is 1.76 bits per heavy atom. The molecule has 0 radical (unpaired) electrons. The molecular weight excluding hydrogens is 272 g/mol. The van der Waals surface area contributed by atoms with Gasteiger partial charge in [0.15, 0.2) is 0 Å². The highest BCUT2D eigenvalue weighted by molar-refractivity contribution is 7.86. The molecule has 2 N–H and O–H groups in total. The number of rotatable bonds is 4. The number of aryl methyl sites for hydroxylation is 1. The van der Waals surface area contributed by atoms with Crippen LogP contribution in [0.1, 0.15) is 5.56 Å². The minimum atomic E-state index is -4.53. The van der Waals surface area contributed by atoms with E-state index < -0.39 is 31.1 Å². The van der Waals surface area contributed by atoms with Gasteiger partial charge < -0.3 is 4.74 Å². The van der Waals surface area contributed by atoms with Crippen LogP contribution in [-0.4, -0.2) is 31.9 Å². The summed E-state index contributed by atoms with van der Waals surface area (Å²) in [5.41, 5.74) is 0.539. The lowest BCUT2D eigenvalue weighted by molar-refractivity contribution is 0.343. The van der Waals surface area contributed by atoms with Crippen molar-refractivity contribution >= 4 is 20.2 Å². The molecule has 0 aliphatic heterocycles. The Morgan fingerprint density at radius 1 is 1.18 bits per heavy atom. The predicted molar refractivity (Wildman–Crippen MR) is 58.0 cm³/mol. The summed E-state index contributed by atoms with van der Waals surface area (Å²) >= 11 is 0.